The first kappa shape index (κ1) is 23.2. The zero-order valence-corrected chi connectivity index (χ0v) is 19.6. The van der Waals surface area contributed by atoms with Crippen molar-refractivity contribution < 1.29 is 14.3 Å². The van der Waals surface area contributed by atoms with Crippen LogP contribution in [0.25, 0.3) is 21.8 Å². The molecule has 4 rings (SSSR count). The van der Waals surface area contributed by atoms with Crippen LogP contribution in [0.15, 0.2) is 64.9 Å². The van der Waals surface area contributed by atoms with Gasteiger partial charge in [0.2, 0.25) is 0 Å². The van der Waals surface area contributed by atoms with Gasteiger partial charge >= 0.3 is 5.97 Å². The summed E-state index contributed by atoms with van der Waals surface area (Å²) in [5.74, 6) is 1.04. The number of hydrogen-bond donors (Lipinski definition) is 2. The second kappa shape index (κ2) is 10.8. The number of ether oxygens (including phenoxy) is 2. The van der Waals surface area contributed by atoms with E-state index in [2.05, 4.69) is 20.3 Å². The normalized spacial score (nSPS) is 10.6. The van der Waals surface area contributed by atoms with Gasteiger partial charge in [0.05, 0.1) is 30.0 Å². The predicted molar refractivity (Wildman–Crippen MR) is 133 cm³/mol. The van der Waals surface area contributed by atoms with Gasteiger partial charge in [0.25, 0.3) is 5.56 Å². The Bertz CT molecular complexity index is 1330. The molecule has 0 saturated heterocycles. The number of carbonyl (C=O) groups is 1. The molecular formula is C25H24N4O4S. The number of esters is 1. The Labute approximate surface area is 200 Å². The van der Waals surface area contributed by atoms with Crippen molar-refractivity contribution in [3.63, 3.8) is 0 Å². The van der Waals surface area contributed by atoms with Gasteiger partial charge in [-0.15, -0.1) is 11.3 Å². The van der Waals surface area contributed by atoms with Crippen molar-refractivity contribution in [2.45, 2.75) is 13.8 Å². The van der Waals surface area contributed by atoms with E-state index in [0.29, 0.717) is 41.5 Å². The van der Waals surface area contributed by atoms with Crippen LogP contribution in [0.5, 0.6) is 5.75 Å². The van der Waals surface area contributed by atoms with Gasteiger partial charge in [-0.25, -0.2) is 14.8 Å². The van der Waals surface area contributed by atoms with E-state index >= 15 is 0 Å². The van der Waals surface area contributed by atoms with E-state index < -0.39 is 5.97 Å². The predicted octanol–water partition coefficient (Wildman–Crippen LogP) is 4.54. The van der Waals surface area contributed by atoms with Crippen LogP contribution < -0.4 is 15.6 Å². The first-order chi connectivity index (χ1) is 16.5. The van der Waals surface area contributed by atoms with Crippen LogP contribution in [-0.2, 0) is 4.74 Å². The number of hydrogen-bond acceptors (Lipinski definition) is 8. The maximum atomic E-state index is 12.5. The summed E-state index contributed by atoms with van der Waals surface area (Å²) in [6.45, 7) is 4.74. The summed E-state index contributed by atoms with van der Waals surface area (Å²) in [6.07, 6.45) is 1.70. The number of aromatic nitrogens is 3. The number of rotatable bonds is 9. The Kier molecular flexibility index (Phi) is 7.34. The van der Waals surface area contributed by atoms with Gasteiger partial charge in [-0.3, -0.25) is 4.79 Å². The molecule has 4 aromatic rings. The molecule has 0 radical (unpaired) electrons. The Balaban J connectivity index is 1.47. The number of carbonyl (C=O) groups excluding carboxylic acids is 1. The van der Waals surface area contributed by atoms with Gasteiger partial charge in [0.1, 0.15) is 23.2 Å². The highest BCUT2D eigenvalue weighted by molar-refractivity contribution is 7.13. The molecule has 0 aliphatic rings. The van der Waals surface area contributed by atoms with E-state index in [1.165, 1.54) is 17.4 Å². The lowest BCUT2D eigenvalue weighted by molar-refractivity contribution is 0.0525. The zero-order valence-electron chi connectivity index (χ0n) is 18.8. The number of pyridine rings is 2. The fourth-order valence-electron chi connectivity index (χ4n) is 3.29. The van der Waals surface area contributed by atoms with Crippen molar-refractivity contribution >= 4 is 23.1 Å². The van der Waals surface area contributed by atoms with Gasteiger partial charge in [0, 0.05) is 22.8 Å². The highest BCUT2D eigenvalue weighted by Gasteiger charge is 2.17. The van der Waals surface area contributed by atoms with Crippen molar-refractivity contribution in [2.24, 2.45) is 0 Å². The number of nitrogens with zero attached hydrogens (tertiary/aromatic N) is 2. The number of nitrogens with one attached hydrogen (secondary N) is 2. The molecule has 8 nitrogen and oxygen atoms in total. The molecule has 0 saturated carbocycles. The highest BCUT2D eigenvalue weighted by atomic mass is 32.1. The summed E-state index contributed by atoms with van der Waals surface area (Å²) in [4.78, 5) is 36.5. The first-order valence-electron chi connectivity index (χ1n) is 10.8. The van der Waals surface area contributed by atoms with Crippen molar-refractivity contribution in [1.82, 2.24) is 15.0 Å². The van der Waals surface area contributed by atoms with Gasteiger partial charge in [0.15, 0.2) is 0 Å². The SMILES string of the molecule is CCOC(=O)c1cc(-c2csc(-c3ccnc(NCCOc4ccccc4)c3)n2)c(=O)[nH]c1C. The second-order valence-corrected chi connectivity index (χ2v) is 8.19. The fraction of sp³-hybridized carbons (Fsp3) is 0.200. The van der Waals surface area contributed by atoms with Gasteiger partial charge in [-0.2, -0.15) is 0 Å². The van der Waals surface area contributed by atoms with Crippen LogP contribution in [0.2, 0.25) is 0 Å². The molecule has 0 amide bonds. The summed E-state index contributed by atoms with van der Waals surface area (Å²) in [7, 11) is 0. The Morgan fingerprint density at radius 2 is 2.00 bits per heavy atom. The van der Waals surface area contributed by atoms with E-state index in [-0.39, 0.29) is 12.2 Å². The second-order valence-electron chi connectivity index (χ2n) is 7.33. The molecule has 0 aliphatic heterocycles. The lowest BCUT2D eigenvalue weighted by Crippen LogP contribution is -2.16. The molecular weight excluding hydrogens is 452 g/mol. The Morgan fingerprint density at radius 1 is 1.18 bits per heavy atom. The third-order valence-corrected chi connectivity index (χ3v) is 5.83. The molecule has 174 valence electrons. The van der Waals surface area contributed by atoms with Gasteiger partial charge in [-0.1, -0.05) is 18.2 Å². The molecule has 0 fully saturated rings. The summed E-state index contributed by atoms with van der Waals surface area (Å²) in [6, 6.07) is 14.9. The van der Waals surface area contributed by atoms with Crippen LogP contribution >= 0.6 is 11.3 Å². The molecule has 9 heteroatoms. The van der Waals surface area contributed by atoms with Gasteiger partial charge in [-0.05, 0) is 44.2 Å². The molecule has 0 atom stereocenters. The molecule has 0 bridgehead atoms. The molecule has 34 heavy (non-hydrogen) atoms. The van der Waals surface area contributed by atoms with E-state index in [1.807, 2.05) is 42.5 Å². The lowest BCUT2D eigenvalue weighted by atomic mass is 10.1. The minimum atomic E-state index is -0.478. The molecule has 3 heterocycles. The van der Waals surface area contributed by atoms with Crippen LogP contribution in [0.1, 0.15) is 23.0 Å². The minimum Gasteiger partial charge on any atom is -0.492 e. The Hall–Kier alpha value is -3.98. The topological polar surface area (TPSA) is 106 Å². The zero-order chi connectivity index (χ0) is 23.9. The average Bonchev–Trinajstić information content (AvgIpc) is 3.33. The third kappa shape index (κ3) is 5.49. The maximum absolute atomic E-state index is 12.5. The van der Waals surface area contributed by atoms with E-state index in [1.54, 1.807) is 25.4 Å². The largest absolute Gasteiger partial charge is 0.492 e. The first-order valence-corrected chi connectivity index (χ1v) is 11.7. The smallest absolute Gasteiger partial charge is 0.339 e. The molecule has 3 aromatic heterocycles. The molecule has 0 spiro atoms. The van der Waals surface area contributed by atoms with Crippen molar-refractivity contribution in [3.8, 4) is 27.6 Å². The number of anilines is 1. The van der Waals surface area contributed by atoms with Crippen LogP contribution in [0.4, 0.5) is 5.82 Å². The monoisotopic (exact) mass is 476 g/mol. The molecule has 2 N–H and O–H groups in total. The van der Waals surface area contributed by atoms with Crippen molar-refractivity contribution in [2.75, 3.05) is 25.1 Å². The van der Waals surface area contributed by atoms with Crippen molar-refractivity contribution in [3.05, 3.63) is 81.7 Å². The summed E-state index contributed by atoms with van der Waals surface area (Å²) >= 11 is 1.41. The Morgan fingerprint density at radius 3 is 2.79 bits per heavy atom. The molecule has 0 aliphatic carbocycles. The molecule has 0 unspecified atom stereocenters. The average molecular weight is 477 g/mol. The number of aryl methyl sites for hydroxylation is 1. The maximum Gasteiger partial charge on any atom is 0.339 e. The fourth-order valence-corrected chi connectivity index (χ4v) is 4.11. The number of para-hydroxylation sites is 1. The number of H-pyrrole nitrogens is 1. The van der Waals surface area contributed by atoms with E-state index in [0.717, 1.165) is 16.3 Å². The number of aromatic amines is 1. The summed E-state index contributed by atoms with van der Waals surface area (Å²) in [5.41, 5.74) is 2.16. The summed E-state index contributed by atoms with van der Waals surface area (Å²) in [5, 5.41) is 5.78. The number of benzene rings is 1. The van der Waals surface area contributed by atoms with Crippen LogP contribution in [-0.4, -0.2) is 40.7 Å². The van der Waals surface area contributed by atoms with Crippen molar-refractivity contribution in [1.29, 1.82) is 0 Å². The van der Waals surface area contributed by atoms with E-state index in [9.17, 15) is 9.59 Å². The lowest BCUT2D eigenvalue weighted by Gasteiger charge is -2.08. The highest BCUT2D eigenvalue weighted by Crippen LogP contribution is 2.29. The molecule has 1 aromatic carbocycles. The number of thiazole rings is 1. The minimum absolute atomic E-state index is 0.254. The quantitative estimate of drug-likeness (QED) is 0.270. The van der Waals surface area contributed by atoms with Gasteiger partial charge < -0.3 is 19.8 Å². The van der Waals surface area contributed by atoms with Crippen LogP contribution in [0, 0.1) is 6.92 Å². The standard InChI is InChI=1S/C25H24N4O4S/c1-3-32-25(31)19-14-20(23(30)28-16(19)2)21-15-34-24(29-21)17-9-10-26-22(13-17)27-11-12-33-18-7-5-4-6-8-18/h4-10,13-15H,3,11-12H2,1-2H3,(H,26,27)(H,28,30). The third-order valence-electron chi connectivity index (χ3n) is 4.94. The van der Waals surface area contributed by atoms with Crippen LogP contribution in [0.3, 0.4) is 0 Å². The van der Waals surface area contributed by atoms with E-state index in [4.69, 9.17) is 9.47 Å². The summed E-state index contributed by atoms with van der Waals surface area (Å²) < 4.78 is 10.8.